The SMILES string of the molecule is C[C@H]1CN(C)[C@@H]2CCCC[C@@]2(c2cccc(O)c2)O1. The summed E-state index contributed by atoms with van der Waals surface area (Å²) >= 11 is 0. The number of nitrogens with zero attached hydrogens (tertiary/aromatic N) is 1. The Morgan fingerprint density at radius 2 is 2.21 bits per heavy atom. The zero-order valence-corrected chi connectivity index (χ0v) is 11.8. The number of benzene rings is 1. The summed E-state index contributed by atoms with van der Waals surface area (Å²) in [7, 11) is 2.20. The molecule has 19 heavy (non-hydrogen) atoms. The van der Waals surface area contributed by atoms with Crippen molar-refractivity contribution in [3.63, 3.8) is 0 Å². The van der Waals surface area contributed by atoms with Gasteiger partial charge in [0.15, 0.2) is 0 Å². The second-order valence-electron chi connectivity index (χ2n) is 6.07. The quantitative estimate of drug-likeness (QED) is 0.843. The van der Waals surface area contributed by atoms with E-state index in [0.717, 1.165) is 18.5 Å². The molecule has 1 N–H and O–H groups in total. The molecule has 0 amide bonds. The minimum Gasteiger partial charge on any atom is -0.508 e. The van der Waals surface area contributed by atoms with Crippen LogP contribution in [0.15, 0.2) is 24.3 Å². The summed E-state index contributed by atoms with van der Waals surface area (Å²) in [5.41, 5.74) is 0.902. The van der Waals surface area contributed by atoms with E-state index in [4.69, 9.17) is 4.74 Å². The molecule has 0 aromatic heterocycles. The lowest BCUT2D eigenvalue weighted by molar-refractivity contribution is -0.198. The van der Waals surface area contributed by atoms with Crippen LogP contribution in [-0.2, 0) is 10.3 Å². The van der Waals surface area contributed by atoms with E-state index in [-0.39, 0.29) is 11.7 Å². The number of likely N-dealkylation sites (N-methyl/N-ethyl adjacent to an activating group) is 1. The molecule has 104 valence electrons. The van der Waals surface area contributed by atoms with E-state index in [0.29, 0.717) is 11.8 Å². The van der Waals surface area contributed by atoms with Gasteiger partial charge in [0.25, 0.3) is 0 Å². The highest BCUT2D eigenvalue weighted by Crippen LogP contribution is 2.46. The minimum absolute atomic E-state index is 0.233. The van der Waals surface area contributed by atoms with E-state index in [2.05, 4.69) is 24.9 Å². The third-order valence-electron chi connectivity index (χ3n) is 4.64. The first-order valence-corrected chi connectivity index (χ1v) is 7.29. The van der Waals surface area contributed by atoms with Crippen molar-refractivity contribution in [1.29, 1.82) is 0 Å². The zero-order chi connectivity index (χ0) is 13.5. The standard InChI is InChI=1S/C16H23NO2/c1-12-11-17(2)15-8-3-4-9-16(15,19-12)13-6-5-7-14(18)10-13/h5-7,10,12,15,18H,3-4,8-9,11H2,1-2H3/t12-,15+,16-/m0/s1. The number of hydrogen-bond acceptors (Lipinski definition) is 3. The van der Waals surface area contributed by atoms with Gasteiger partial charge in [-0.3, -0.25) is 4.90 Å². The lowest BCUT2D eigenvalue weighted by Crippen LogP contribution is -2.60. The molecule has 2 fully saturated rings. The summed E-state index contributed by atoms with van der Waals surface area (Å²) < 4.78 is 6.44. The Morgan fingerprint density at radius 1 is 1.37 bits per heavy atom. The van der Waals surface area contributed by atoms with Crippen LogP contribution >= 0.6 is 0 Å². The van der Waals surface area contributed by atoms with E-state index < -0.39 is 0 Å². The Bertz CT molecular complexity index is 462. The normalized spacial score (nSPS) is 35.9. The van der Waals surface area contributed by atoms with Gasteiger partial charge < -0.3 is 9.84 Å². The highest BCUT2D eigenvalue weighted by molar-refractivity contribution is 5.34. The van der Waals surface area contributed by atoms with Crippen LogP contribution in [0.1, 0.15) is 38.2 Å². The number of aromatic hydroxyl groups is 1. The highest BCUT2D eigenvalue weighted by Gasteiger charge is 2.49. The van der Waals surface area contributed by atoms with E-state index in [1.807, 2.05) is 12.1 Å². The highest BCUT2D eigenvalue weighted by atomic mass is 16.5. The largest absolute Gasteiger partial charge is 0.508 e. The maximum Gasteiger partial charge on any atom is 0.115 e. The van der Waals surface area contributed by atoms with Crippen LogP contribution in [0.2, 0.25) is 0 Å². The van der Waals surface area contributed by atoms with Crippen LogP contribution in [-0.4, -0.2) is 35.7 Å². The Balaban J connectivity index is 2.05. The van der Waals surface area contributed by atoms with E-state index in [1.54, 1.807) is 6.07 Å². The van der Waals surface area contributed by atoms with Crippen molar-refractivity contribution in [3.05, 3.63) is 29.8 Å². The summed E-state index contributed by atoms with van der Waals surface area (Å²) in [5.74, 6) is 0.334. The maximum atomic E-state index is 9.79. The van der Waals surface area contributed by atoms with Gasteiger partial charge in [0.2, 0.25) is 0 Å². The molecule has 1 aliphatic carbocycles. The van der Waals surface area contributed by atoms with Gasteiger partial charge in [0.05, 0.1) is 6.10 Å². The van der Waals surface area contributed by atoms with Crippen molar-refractivity contribution in [1.82, 2.24) is 4.90 Å². The number of fused-ring (bicyclic) bond motifs is 1. The topological polar surface area (TPSA) is 32.7 Å². The number of ether oxygens (including phenoxy) is 1. The fourth-order valence-corrected chi connectivity index (χ4v) is 3.94. The average molecular weight is 261 g/mol. The van der Waals surface area contributed by atoms with Crippen molar-refractivity contribution in [2.24, 2.45) is 0 Å². The molecule has 1 heterocycles. The fraction of sp³-hybridized carbons (Fsp3) is 0.625. The molecule has 3 nitrogen and oxygen atoms in total. The molecule has 0 bridgehead atoms. The first-order valence-electron chi connectivity index (χ1n) is 7.29. The third-order valence-corrected chi connectivity index (χ3v) is 4.64. The Kier molecular flexibility index (Phi) is 3.27. The van der Waals surface area contributed by atoms with Crippen LogP contribution in [0.25, 0.3) is 0 Å². The summed E-state index contributed by atoms with van der Waals surface area (Å²) in [4.78, 5) is 2.44. The second kappa shape index (κ2) is 4.80. The number of phenolic OH excluding ortho intramolecular Hbond substituents is 1. The van der Waals surface area contributed by atoms with Crippen molar-refractivity contribution in [2.45, 2.75) is 50.4 Å². The Morgan fingerprint density at radius 3 is 3.00 bits per heavy atom. The molecule has 3 heteroatoms. The van der Waals surface area contributed by atoms with Crippen molar-refractivity contribution < 1.29 is 9.84 Å². The minimum atomic E-state index is -0.233. The maximum absolute atomic E-state index is 9.79. The summed E-state index contributed by atoms with van der Waals surface area (Å²) in [5, 5.41) is 9.79. The van der Waals surface area contributed by atoms with Gasteiger partial charge in [0, 0.05) is 12.6 Å². The second-order valence-corrected chi connectivity index (χ2v) is 6.07. The Labute approximate surface area is 115 Å². The van der Waals surface area contributed by atoms with Crippen LogP contribution < -0.4 is 0 Å². The lowest BCUT2D eigenvalue weighted by Gasteiger charge is -2.53. The molecule has 1 aromatic rings. The molecule has 1 saturated carbocycles. The third kappa shape index (κ3) is 2.15. The summed E-state index contributed by atoms with van der Waals surface area (Å²) in [6.07, 6.45) is 4.94. The van der Waals surface area contributed by atoms with Crippen molar-refractivity contribution in [3.8, 4) is 5.75 Å². The first-order chi connectivity index (χ1) is 9.12. The molecule has 1 aromatic carbocycles. The van der Waals surface area contributed by atoms with Gasteiger partial charge in [-0.2, -0.15) is 0 Å². The molecule has 0 radical (unpaired) electrons. The van der Waals surface area contributed by atoms with Gasteiger partial charge in [-0.1, -0.05) is 25.0 Å². The predicted octanol–water partition coefficient (Wildman–Crippen LogP) is 2.88. The number of rotatable bonds is 1. The molecule has 3 rings (SSSR count). The number of phenols is 1. The molecule has 3 atom stereocenters. The van der Waals surface area contributed by atoms with Crippen LogP contribution in [0, 0.1) is 0 Å². The van der Waals surface area contributed by atoms with Crippen molar-refractivity contribution in [2.75, 3.05) is 13.6 Å². The van der Waals surface area contributed by atoms with E-state index >= 15 is 0 Å². The van der Waals surface area contributed by atoms with Crippen molar-refractivity contribution >= 4 is 0 Å². The molecule has 1 saturated heterocycles. The van der Waals surface area contributed by atoms with E-state index in [1.165, 1.54) is 19.3 Å². The Hall–Kier alpha value is -1.06. The zero-order valence-electron chi connectivity index (χ0n) is 11.8. The monoisotopic (exact) mass is 261 g/mol. The smallest absolute Gasteiger partial charge is 0.115 e. The molecular formula is C16H23NO2. The molecule has 1 aliphatic heterocycles. The van der Waals surface area contributed by atoms with Gasteiger partial charge in [0.1, 0.15) is 11.4 Å². The van der Waals surface area contributed by atoms with Crippen LogP contribution in [0.5, 0.6) is 5.75 Å². The summed E-state index contributed by atoms with van der Waals surface area (Å²) in [6.45, 7) is 3.14. The first kappa shape index (κ1) is 12.9. The van der Waals surface area contributed by atoms with Crippen LogP contribution in [0.4, 0.5) is 0 Å². The molecule has 2 aliphatic rings. The number of hydrogen-bond donors (Lipinski definition) is 1. The van der Waals surface area contributed by atoms with Gasteiger partial charge >= 0.3 is 0 Å². The predicted molar refractivity (Wildman–Crippen MR) is 75.2 cm³/mol. The van der Waals surface area contributed by atoms with Gasteiger partial charge in [-0.05, 0) is 44.5 Å². The lowest BCUT2D eigenvalue weighted by atomic mass is 9.73. The summed E-state index contributed by atoms with van der Waals surface area (Å²) in [6, 6.07) is 8.06. The van der Waals surface area contributed by atoms with Crippen LogP contribution in [0.3, 0.4) is 0 Å². The van der Waals surface area contributed by atoms with Gasteiger partial charge in [-0.25, -0.2) is 0 Å². The van der Waals surface area contributed by atoms with E-state index in [9.17, 15) is 5.11 Å². The van der Waals surface area contributed by atoms with Gasteiger partial charge in [-0.15, -0.1) is 0 Å². The molecule has 0 unspecified atom stereocenters. The average Bonchev–Trinajstić information content (AvgIpc) is 2.38. The number of morpholine rings is 1. The molecular weight excluding hydrogens is 238 g/mol. The fourth-order valence-electron chi connectivity index (χ4n) is 3.94. The molecule has 0 spiro atoms.